The topological polar surface area (TPSA) is 98.7 Å². The number of hydrogen-bond acceptors (Lipinski definition) is 5. The zero-order valence-electron chi connectivity index (χ0n) is 12.4. The highest BCUT2D eigenvalue weighted by Crippen LogP contribution is 2.14. The molecule has 0 radical (unpaired) electrons. The van der Waals surface area contributed by atoms with E-state index < -0.39 is 5.91 Å². The van der Waals surface area contributed by atoms with Gasteiger partial charge in [-0.05, 0) is 31.2 Å². The number of benzene rings is 1. The fourth-order valence-corrected chi connectivity index (χ4v) is 1.88. The molecule has 1 heterocycles. The van der Waals surface area contributed by atoms with Gasteiger partial charge in [0.25, 0.3) is 11.8 Å². The largest absolute Gasteiger partial charge is 0.484 e. The van der Waals surface area contributed by atoms with Gasteiger partial charge in [-0.15, -0.1) is 0 Å². The van der Waals surface area contributed by atoms with E-state index in [0.717, 1.165) is 0 Å². The fourth-order valence-electron chi connectivity index (χ4n) is 1.88. The Morgan fingerprint density at radius 1 is 1.32 bits per heavy atom. The minimum Gasteiger partial charge on any atom is -0.484 e. The lowest BCUT2D eigenvalue weighted by atomic mass is 10.2. The molecule has 0 aliphatic rings. The first kappa shape index (κ1) is 15.6. The number of ether oxygens (including phenoxy) is 1. The summed E-state index contributed by atoms with van der Waals surface area (Å²) in [4.78, 5) is 24.5. The number of amides is 2. The molecule has 7 nitrogen and oxygen atoms in total. The molecule has 0 atom stereocenters. The van der Waals surface area contributed by atoms with Gasteiger partial charge in [0.1, 0.15) is 17.2 Å². The predicted octanol–water partition coefficient (Wildman–Crippen LogP) is 1.12. The van der Waals surface area contributed by atoms with Crippen molar-refractivity contribution < 1.29 is 18.8 Å². The van der Waals surface area contributed by atoms with Gasteiger partial charge in [-0.3, -0.25) is 9.59 Å². The van der Waals surface area contributed by atoms with Gasteiger partial charge < -0.3 is 19.9 Å². The molecule has 2 aromatic rings. The molecule has 0 aliphatic heterocycles. The van der Waals surface area contributed by atoms with Crippen LogP contribution in [0.25, 0.3) is 0 Å². The standard InChI is InChI=1S/C15H17N3O4/c1-10-7-12(17-22-10)8-18(2)15(20)11-3-5-13(6-4-11)21-9-14(16)19/h3-7H,8-9H2,1-2H3,(H2,16,19). The molecule has 0 bridgehead atoms. The molecule has 2 amide bonds. The Hall–Kier alpha value is -2.83. The van der Waals surface area contributed by atoms with Crippen molar-refractivity contribution in [2.24, 2.45) is 5.73 Å². The zero-order chi connectivity index (χ0) is 16.1. The molecule has 2 N–H and O–H groups in total. The summed E-state index contributed by atoms with van der Waals surface area (Å²) in [5.74, 6) is 0.474. The van der Waals surface area contributed by atoms with Crippen molar-refractivity contribution in [1.82, 2.24) is 10.1 Å². The van der Waals surface area contributed by atoms with E-state index in [1.165, 1.54) is 4.90 Å². The maximum absolute atomic E-state index is 12.3. The predicted molar refractivity (Wildman–Crippen MR) is 78.2 cm³/mol. The monoisotopic (exact) mass is 303 g/mol. The molecular formula is C15H17N3O4. The van der Waals surface area contributed by atoms with Crippen LogP contribution >= 0.6 is 0 Å². The molecule has 116 valence electrons. The van der Waals surface area contributed by atoms with E-state index in [4.69, 9.17) is 15.0 Å². The van der Waals surface area contributed by atoms with Gasteiger partial charge in [-0.1, -0.05) is 5.16 Å². The Balaban J connectivity index is 1.97. The van der Waals surface area contributed by atoms with Crippen LogP contribution in [0.2, 0.25) is 0 Å². The van der Waals surface area contributed by atoms with Gasteiger partial charge in [-0.2, -0.15) is 0 Å². The average molecular weight is 303 g/mol. The molecule has 0 saturated carbocycles. The second-order valence-corrected chi connectivity index (χ2v) is 4.87. The SMILES string of the molecule is Cc1cc(CN(C)C(=O)c2ccc(OCC(N)=O)cc2)no1. The quantitative estimate of drug-likeness (QED) is 0.862. The normalized spacial score (nSPS) is 10.3. The van der Waals surface area contributed by atoms with Gasteiger partial charge in [-0.25, -0.2) is 0 Å². The average Bonchev–Trinajstić information content (AvgIpc) is 2.90. The number of hydrogen-bond donors (Lipinski definition) is 1. The summed E-state index contributed by atoms with van der Waals surface area (Å²) < 4.78 is 10.1. The van der Waals surface area contributed by atoms with Crippen LogP contribution in [0.3, 0.4) is 0 Å². The number of nitrogens with zero attached hydrogens (tertiary/aromatic N) is 2. The van der Waals surface area contributed by atoms with Crippen molar-refractivity contribution >= 4 is 11.8 Å². The van der Waals surface area contributed by atoms with E-state index in [-0.39, 0.29) is 12.5 Å². The van der Waals surface area contributed by atoms with Gasteiger partial charge in [0.2, 0.25) is 0 Å². The summed E-state index contributed by atoms with van der Waals surface area (Å²) >= 11 is 0. The molecule has 0 aliphatic carbocycles. The van der Waals surface area contributed by atoms with E-state index in [2.05, 4.69) is 5.16 Å². The molecular weight excluding hydrogens is 286 g/mol. The van der Waals surface area contributed by atoms with Crippen molar-refractivity contribution in [2.75, 3.05) is 13.7 Å². The first-order valence-corrected chi connectivity index (χ1v) is 6.64. The third-order valence-electron chi connectivity index (χ3n) is 2.90. The van der Waals surface area contributed by atoms with Crippen LogP contribution in [-0.4, -0.2) is 35.5 Å². The van der Waals surface area contributed by atoms with Crippen molar-refractivity contribution in [1.29, 1.82) is 0 Å². The summed E-state index contributed by atoms with van der Waals surface area (Å²) in [7, 11) is 1.68. The van der Waals surface area contributed by atoms with E-state index in [1.807, 2.05) is 0 Å². The third kappa shape index (κ3) is 4.08. The highest BCUT2D eigenvalue weighted by molar-refractivity contribution is 5.94. The van der Waals surface area contributed by atoms with Gasteiger partial charge in [0, 0.05) is 18.7 Å². The maximum atomic E-state index is 12.3. The van der Waals surface area contributed by atoms with Crippen LogP contribution in [0, 0.1) is 6.92 Å². The van der Waals surface area contributed by atoms with Crippen LogP contribution in [0.5, 0.6) is 5.75 Å². The lowest BCUT2D eigenvalue weighted by molar-refractivity contribution is -0.119. The lowest BCUT2D eigenvalue weighted by Crippen LogP contribution is -2.26. The first-order valence-electron chi connectivity index (χ1n) is 6.64. The molecule has 2 rings (SSSR count). The first-order chi connectivity index (χ1) is 10.5. The number of primary amides is 1. The molecule has 0 fully saturated rings. The Kier molecular flexibility index (Phi) is 4.77. The van der Waals surface area contributed by atoms with Crippen molar-refractivity contribution in [3.05, 3.63) is 47.3 Å². The maximum Gasteiger partial charge on any atom is 0.255 e. The molecule has 0 saturated heterocycles. The molecule has 1 aromatic carbocycles. The van der Waals surface area contributed by atoms with Crippen molar-refractivity contribution in [3.8, 4) is 5.75 Å². The smallest absolute Gasteiger partial charge is 0.255 e. The molecule has 0 spiro atoms. The minimum absolute atomic E-state index is 0.151. The highest BCUT2D eigenvalue weighted by Gasteiger charge is 2.14. The van der Waals surface area contributed by atoms with E-state index in [1.54, 1.807) is 44.3 Å². The fraction of sp³-hybridized carbons (Fsp3) is 0.267. The Labute approximate surface area is 127 Å². The second kappa shape index (κ2) is 6.75. The van der Waals surface area contributed by atoms with Gasteiger partial charge in [0.15, 0.2) is 6.61 Å². The number of carbonyl (C=O) groups is 2. The lowest BCUT2D eigenvalue weighted by Gasteiger charge is -2.15. The molecule has 22 heavy (non-hydrogen) atoms. The van der Waals surface area contributed by atoms with Crippen LogP contribution in [0.4, 0.5) is 0 Å². The Bertz CT molecular complexity index is 664. The number of rotatable bonds is 6. The second-order valence-electron chi connectivity index (χ2n) is 4.87. The van der Waals surface area contributed by atoms with Crippen molar-refractivity contribution in [3.63, 3.8) is 0 Å². The number of carbonyl (C=O) groups excluding carboxylic acids is 2. The number of nitrogens with two attached hydrogens (primary N) is 1. The van der Waals surface area contributed by atoms with Gasteiger partial charge >= 0.3 is 0 Å². The van der Waals surface area contributed by atoms with Crippen LogP contribution in [-0.2, 0) is 11.3 Å². The minimum atomic E-state index is -0.553. The van der Waals surface area contributed by atoms with E-state index in [9.17, 15) is 9.59 Å². The molecule has 0 unspecified atom stereocenters. The zero-order valence-corrected chi connectivity index (χ0v) is 12.4. The Morgan fingerprint density at radius 2 is 2.00 bits per heavy atom. The molecule has 1 aromatic heterocycles. The number of aryl methyl sites for hydroxylation is 1. The summed E-state index contributed by atoms with van der Waals surface area (Å²) in [6, 6.07) is 8.27. The Morgan fingerprint density at radius 3 is 2.55 bits per heavy atom. The summed E-state index contributed by atoms with van der Waals surface area (Å²) in [6.07, 6.45) is 0. The van der Waals surface area contributed by atoms with Gasteiger partial charge in [0.05, 0.1) is 6.54 Å². The molecule has 7 heteroatoms. The highest BCUT2D eigenvalue weighted by atomic mass is 16.5. The van der Waals surface area contributed by atoms with Crippen LogP contribution < -0.4 is 10.5 Å². The van der Waals surface area contributed by atoms with Crippen LogP contribution in [0.15, 0.2) is 34.9 Å². The number of aromatic nitrogens is 1. The van der Waals surface area contributed by atoms with E-state index >= 15 is 0 Å². The van der Waals surface area contributed by atoms with Crippen LogP contribution in [0.1, 0.15) is 21.8 Å². The van der Waals surface area contributed by atoms with Crippen molar-refractivity contribution in [2.45, 2.75) is 13.5 Å². The van der Waals surface area contributed by atoms with E-state index in [0.29, 0.717) is 29.3 Å². The summed E-state index contributed by atoms with van der Waals surface area (Å²) in [5, 5.41) is 3.85. The summed E-state index contributed by atoms with van der Waals surface area (Å²) in [6.45, 7) is 1.96. The summed E-state index contributed by atoms with van der Waals surface area (Å²) in [5.41, 5.74) is 6.19. The third-order valence-corrected chi connectivity index (χ3v) is 2.90.